The first-order valence-electron chi connectivity index (χ1n) is 9.73. The third-order valence-corrected chi connectivity index (χ3v) is 5.11. The van der Waals surface area contributed by atoms with Crippen molar-refractivity contribution in [3.05, 3.63) is 23.8 Å². The Kier molecular flexibility index (Phi) is 8.19. The number of piperazine rings is 1. The van der Waals surface area contributed by atoms with Gasteiger partial charge in [0.05, 0.1) is 14.2 Å². The Balaban J connectivity index is 1.77. The van der Waals surface area contributed by atoms with E-state index < -0.39 is 0 Å². The molecule has 1 atom stereocenters. The van der Waals surface area contributed by atoms with E-state index in [2.05, 4.69) is 31.3 Å². The van der Waals surface area contributed by atoms with Crippen molar-refractivity contribution >= 4 is 5.91 Å². The molecular weight excluding hydrogens is 330 g/mol. The number of amides is 1. The highest BCUT2D eigenvalue weighted by atomic mass is 16.5. The van der Waals surface area contributed by atoms with Gasteiger partial charge in [0.1, 0.15) is 32.7 Å². The SMILES string of the molecule is CCC[C@H](C)NC(=O)C[NH+]1CC[NH+](Cc2ccc(OC)c(OC)c2)CC1. The van der Waals surface area contributed by atoms with Crippen LogP contribution in [0.4, 0.5) is 0 Å². The fourth-order valence-corrected chi connectivity index (χ4v) is 3.65. The van der Waals surface area contributed by atoms with E-state index in [0.29, 0.717) is 6.54 Å². The molecule has 6 heteroatoms. The lowest BCUT2D eigenvalue weighted by molar-refractivity contribution is -1.02. The molecule has 0 unspecified atom stereocenters. The standard InChI is InChI=1S/C20H33N3O3/c1-5-6-16(2)21-20(24)15-23-11-9-22(10-12-23)14-17-7-8-18(25-3)19(13-17)26-4/h7-8,13,16H,5-6,9-12,14-15H2,1-4H3,(H,21,24)/p+2/t16-/m0/s1. The molecule has 146 valence electrons. The molecule has 1 fully saturated rings. The summed E-state index contributed by atoms with van der Waals surface area (Å²) in [7, 11) is 3.33. The lowest BCUT2D eigenvalue weighted by Gasteiger charge is -2.29. The van der Waals surface area contributed by atoms with Crippen molar-refractivity contribution in [1.82, 2.24) is 5.32 Å². The van der Waals surface area contributed by atoms with Gasteiger partial charge < -0.3 is 24.6 Å². The Morgan fingerprint density at radius 2 is 1.77 bits per heavy atom. The van der Waals surface area contributed by atoms with Crippen molar-refractivity contribution in [3.8, 4) is 11.5 Å². The molecule has 26 heavy (non-hydrogen) atoms. The van der Waals surface area contributed by atoms with Crippen molar-refractivity contribution in [2.45, 2.75) is 39.3 Å². The van der Waals surface area contributed by atoms with Crippen molar-refractivity contribution in [1.29, 1.82) is 0 Å². The maximum Gasteiger partial charge on any atom is 0.275 e. The Labute approximate surface area is 157 Å². The Morgan fingerprint density at radius 1 is 1.12 bits per heavy atom. The first kappa shape index (κ1) is 20.5. The average Bonchev–Trinajstić information content (AvgIpc) is 2.63. The van der Waals surface area contributed by atoms with Crippen LogP contribution in [0.25, 0.3) is 0 Å². The largest absolute Gasteiger partial charge is 0.493 e. The molecule has 0 aliphatic carbocycles. The second-order valence-electron chi connectivity index (χ2n) is 7.30. The van der Waals surface area contributed by atoms with Gasteiger partial charge in [0.15, 0.2) is 18.0 Å². The fourth-order valence-electron chi connectivity index (χ4n) is 3.65. The molecule has 1 aromatic rings. The molecule has 1 heterocycles. The van der Waals surface area contributed by atoms with Crippen LogP contribution < -0.4 is 24.6 Å². The normalized spacial score (nSPS) is 21.1. The molecule has 0 aromatic heterocycles. The van der Waals surface area contributed by atoms with Gasteiger partial charge in [-0.1, -0.05) is 13.3 Å². The quantitative estimate of drug-likeness (QED) is 0.542. The fraction of sp³-hybridized carbons (Fsp3) is 0.650. The number of carbonyl (C=O) groups excluding carboxylic acids is 1. The van der Waals surface area contributed by atoms with Crippen LogP contribution in [0.15, 0.2) is 18.2 Å². The van der Waals surface area contributed by atoms with Crippen LogP contribution in [0.2, 0.25) is 0 Å². The van der Waals surface area contributed by atoms with E-state index in [4.69, 9.17) is 9.47 Å². The Bertz CT molecular complexity index is 571. The molecule has 1 aliphatic heterocycles. The lowest BCUT2D eigenvalue weighted by Crippen LogP contribution is -3.28. The highest BCUT2D eigenvalue weighted by Crippen LogP contribution is 2.27. The van der Waals surface area contributed by atoms with Gasteiger partial charge >= 0.3 is 0 Å². The Morgan fingerprint density at radius 3 is 2.38 bits per heavy atom. The number of hydrogen-bond acceptors (Lipinski definition) is 3. The summed E-state index contributed by atoms with van der Waals surface area (Å²) in [5, 5.41) is 3.11. The number of hydrogen-bond donors (Lipinski definition) is 3. The monoisotopic (exact) mass is 365 g/mol. The first-order chi connectivity index (χ1) is 12.5. The molecule has 3 N–H and O–H groups in total. The number of ether oxygens (including phenoxy) is 2. The van der Waals surface area contributed by atoms with E-state index in [-0.39, 0.29) is 11.9 Å². The number of carbonyl (C=O) groups is 1. The van der Waals surface area contributed by atoms with Crippen LogP contribution in [-0.4, -0.2) is 58.9 Å². The van der Waals surface area contributed by atoms with E-state index in [1.807, 2.05) is 6.07 Å². The van der Waals surface area contributed by atoms with Gasteiger partial charge in [-0.25, -0.2) is 0 Å². The van der Waals surface area contributed by atoms with Crippen molar-refractivity contribution in [2.24, 2.45) is 0 Å². The molecule has 2 rings (SSSR count). The minimum absolute atomic E-state index is 0.185. The molecular formula is C20H35N3O3+2. The smallest absolute Gasteiger partial charge is 0.275 e. The van der Waals surface area contributed by atoms with Crippen LogP contribution in [0.1, 0.15) is 32.3 Å². The number of methoxy groups -OCH3 is 2. The third kappa shape index (κ3) is 6.18. The maximum absolute atomic E-state index is 12.1. The van der Waals surface area contributed by atoms with Gasteiger partial charge in [-0.3, -0.25) is 4.79 Å². The highest BCUT2D eigenvalue weighted by Gasteiger charge is 2.25. The summed E-state index contributed by atoms with van der Waals surface area (Å²) < 4.78 is 10.7. The summed E-state index contributed by atoms with van der Waals surface area (Å²) in [4.78, 5) is 15.1. The van der Waals surface area contributed by atoms with Crippen molar-refractivity contribution in [2.75, 3.05) is 46.9 Å². The topological polar surface area (TPSA) is 56.4 Å². The minimum atomic E-state index is 0.185. The van der Waals surface area contributed by atoms with Gasteiger partial charge in [-0.05, 0) is 31.5 Å². The van der Waals surface area contributed by atoms with E-state index in [0.717, 1.165) is 57.1 Å². The second-order valence-corrected chi connectivity index (χ2v) is 7.30. The Hall–Kier alpha value is -1.79. The summed E-state index contributed by atoms with van der Waals surface area (Å²) >= 11 is 0. The summed E-state index contributed by atoms with van der Waals surface area (Å²) in [5.74, 6) is 1.74. The van der Waals surface area contributed by atoms with Gasteiger partial charge in [-0.15, -0.1) is 0 Å². The molecule has 1 saturated heterocycles. The first-order valence-corrected chi connectivity index (χ1v) is 9.73. The van der Waals surface area contributed by atoms with Gasteiger partial charge in [-0.2, -0.15) is 0 Å². The zero-order chi connectivity index (χ0) is 18.9. The third-order valence-electron chi connectivity index (χ3n) is 5.11. The molecule has 1 aliphatic rings. The highest BCUT2D eigenvalue weighted by molar-refractivity contribution is 5.77. The van der Waals surface area contributed by atoms with E-state index in [1.165, 1.54) is 10.5 Å². The number of benzene rings is 1. The molecule has 0 saturated carbocycles. The lowest BCUT2D eigenvalue weighted by atomic mass is 10.1. The predicted octanol–water partition coefficient (Wildman–Crippen LogP) is -0.708. The minimum Gasteiger partial charge on any atom is -0.493 e. The molecule has 1 aromatic carbocycles. The number of quaternary nitrogens is 2. The number of nitrogens with one attached hydrogen (secondary N) is 3. The van der Waals surface area contributed by atoms with Crippen LogP contribution in [0.3, 0.4) is 0 Å². The van der Waals surface area contributed by atoms with Crippen molar-refractivity contribution in [3.63, 3.8) is 0 Å². The van der Waals surface area contributed by atoms with Crippen LogP contribution in [0, 0.1) is 0 Å². The van der Waals surface area contributed by atoms with Gasteiger partial charge in [0, 0.05) is 11.6 Å². The van der Waals surface area contributed by atoms with Gasteiger partial charge in [0.25, 0.3) is 5.91 Å². The molecule has 0 spiro atoms. The molecule has 6 nitrogen and oxygen atoms in total. The predicted molar refractivity (Wildman–Crippen MR) is 102 cm³/mol. The molecule has 0 bridgehead atoms. The van der Waals surface area contributed by atoms with Gasteiger partial charge in [0.2, 0.25) is 0 Å². The average molecular weight is 366 g/mol. The van der Waals surface area contributed by atoms with Crippen LogP contribution in [-0.2, 0) is 11.3 Å². The van der Waals surface area contributed by atoms with Crippen molar-refractivity contribution < 1.29 is 24.1 Å². The van der Waals surface area contributed by atoms with E-state index in [9.17, 15) is 4.79 Å². The summed E-state index contributed by atoms with van der Waals surface area (Å²) in [6.45, 7) is 10.1. The van der Waals surface area contributed by atoms with E-state index >= 15 is 0 Å². The molecule has 1 amide bonds. The van der Waals surface area contributed by atoms with E-state index in [1.54, 1.807) is 19.1 Å². The second kappa shape index (κ2) is 10.4. The molecule has 0 radical (unpaired) electrons. The van der Waals surface area contributed by atoms with Crippen LogP contribution in [0.5, 0.6) is 11.5 Å². The number of rotatable bonds is 9. The summed E-state index contributed by atoms with van der Waals surface area (Å²) in [6.07, 6.45) is 2.15. The zero-order valence-electron chi connectivity index (χ0n) is 16.7. The maximum atomic E-state index is 12.1. The van der Waals surface area contributed by atoms with Crippen LogP contribution >= 0.6 is 0 Å². The summed E-state index contributed by atoms with van der Waals surface area (Å²) in [5.41, 5.74) is 1.26. The zero-order valence-corrected chi connectivity index (χ0v) is 16.7. The summed E-state index contributed by atoms with van der Waals surface area (Å²) in [6, 6.07) is 6.42.